The van der Waals surface area contributed by atoms with Gasteiger partial charge < -0.3 is 15.0 Å². The Hall–Kier alpha value is -2.80. The number of aromatic nitrogens is 1. The highest BCUT2D eigenvalue weighted by Gasteiger charge is 2.30. The molecule has 0 radical (unpaired) electrons. The minimum absolute atomic E-state index is 0.246. The number of aliphatic hydroxyl groups excluding tert-OH is 1. The Bertz CT molecular complexity index is 1010. The molecule has 7 heteroatoms. The standard InChI is InChI=1S/C14H8F3N.C9H15NO.C2H6.CH4O/c15-10-3-1-8(2-4-10)13-6-9-5-11(16)7-12(17)14(9)18-13;11-9(8-4-3-5-8)10-6-1-2-7-10;2*1-2/h1-7,18H;8H,1-7H2;1-2H3;2H,1H3. The monoisotopic (exact) mass is 462 g/mol. The number of rotatable bonds is 2. The van der Waals surface area contributed by atoms with Crippen LogP contribution in [-0.4, -0.2) is 41.1 Å². The third-order valence-corrected chi connectivity index (χ3v) is 5.67. The van der Waals surface area contributed by atoms with Crippen LogP contribution in [0.25, 0.3) is 22.2 Å². The molecule has 1 aromatic heterocycles. The van der Waals surface area contributed by atoms with Gasteiger partial charge in [0.2, 0.25) is 5.91 Å². The highest BCUT2D eigenvalue weighted by molar-refractivity contribution is 5.86. The number of carbonyl (C=O) groups is 1. The summed E-state index contributed by atoms with van der Waals surface area (Å²) in [6.45, 7) is 6.05. The second kappa shape index (κ2) is 13.0. The fourth-order valence-electron chi connectivity index (χ4n) is 3.80. The van der Waals surface area contributed by atoms with Gasteiger partial charge in [-0.15, -0.1) is 0 Å². The molecular weight excluding hydrogens is 429 g/mol. The van der Waals surface area contributed by atoms with Gasteiger partial charge in [-0.2, -0.15) is 0 Å². The maximum atomic E-state index is 13.5. The smallest absolute Gasteiger partial charge is 0.225 e. The third-order valence-electron chi connectivity index (χ3n) is 5.67. The molecule has 5 rings (SSSR count). The minimum Gasteiger partial charge on any atom is -0.400 e. The van der Waals surface area contributed by atoms with Crippen LogP contribution in [0, 0.1) is 23.4 Å². The molecule has 2 aliphatic rings. The van der Waals surface area contributed by atoms with Crippen molar-refractivity contribution in [3.8, 4) is 11.3 Å². The molecule has 1 saturated carbocycles. The predicted molar refractivity (Wildman–Crippen MR) is 126 cm³/mol. The summed E-state index contributed by atoms with van der Waals surface area (Å²) in [7, 11) is 1.00. The molecule has 1 amide bonds. The lowest BCUT2D eigenvalue weighted by molar-refractivity contribution is -0.137. The van der Waals surface area contributed by atoms with Crippen LogP contribution >= 0.6 is 0 Å². The van der Waals surface area contributed by atoms with Gasteiger partial charge in [0.05, 0.1) is 5.52 Å². The molecule has 180 valence electrons. The molecular formula is C26H33F3N2O2. The zero-order valence-corrected chi connectivity index (χ0v) is 19.5. The van der Waals surface area contributed by atoms with E-state index in [0.29, 0.717) is 28.5 Å². The van der Waals surface area contributed by atoms with Gasteiger partial charge in [-0.3, -0.25) is 4.79 Å². The van der Waals surface area contributed by atoms with Gasteiger partial charge >= 0.3 is 0 Å². The van der Waals surface area contributed by atoms with Crippen molar-refractivity contribution in [2.75, 3.05) is 20.2 Å². The van der Waals surface area contributed by atoms with Gasteiger partial charge in [-0.25, -0.2) is 13.2 Å². The van der Waals surface area contributed by atoms with Crippen LogP contribution in [0.15, 0.2) is 42.5 Å². The summed E-state index contributed by atoms with van der Waals surface area (Å²) in [5.41, 5.74) is 1.58. The molecule has 0 spiro atoms. The van der Waals surface area contributed by atoms with E-state index in [4.69, 9.17) is 5.11 Å². The third kappa shape index (κ3) is 6.84. The minimum atomic E-state index is -0.640. The van der Waals surface area contributed by atoms with Crippen molar-refractivity contribution in [1.29, 1.82) is 0 Å². The first-order chi connectivity index (χ1) is 16.0. The molecule has 2 fully saturated rings. The molecule has 0 bridgehead atoms. The Morgan fingerprint density at radius 1 is 0.909 bits per heavy atom. The number of benzene rings is 2. The lowest BCUT2D eigenvalue weighted by Gasteiger charge is -2.28. The molecule has 2 heterocycles. The van der Waals surface area contributed by atoms with Crippen molar-refractivity contribution < 1.29 is 23.1 Å². The quantitative estimate of drug-likeness (QED) is 0.470. The number of halogens is 3. The number of hydrogen-bond acceptors (Lipinski definition) is 2. The zero-order chi connectivity index (χ0) is 24.4. The van der Waals surface area contributed by atoms with Gasteiger partial charge in [0.25, 0.3) is 0 Å². The highest BCUT2D eigenvalue weighted by Crippen LogP contribution is 2.29. The summed E-state index contributed by atoms with van der Waals surface area (Å²) in [5, 5.41) is 7.45. The lowest BCUT2D eigenvalue weighted by atomic mass is 9.84. The fourth-order valence-corrected chi connectivity index (χ4v) is 3.80. The van der Waals surface area contributed by atoms with Crippen LogP contribution < -0.4 is 0 Å². The number of nitrogens with zero attached hydrogens (tertiary/aromatic N) is 1. The zero-order valence-electron chi connectivity index (χ0n) is 19.5. The van der Waals surface area contributed by atoms with E-state index < -0.39 is 11.6 Å². The number of likely N-dealkylation sites (tertiary alicyclic amines) is 1. The van der Waals surface area contributed by atoms with Crippen molar-refractivity contribution in [3.63, 3.8) is 0 Å². The number of amides is 1. The second-order valence-corrected chi connectivity index (χ2v) is 7.70. The van der Waals surface area contributed by atoms with Crippen LogP contribution in [0.2, 0.25) is 0 Å². The topological polar surface area (TPSA) is 56.3 Å². The summed E-state index contributed by atoms with van der Waals surface area (Å²) >= 11 is 0. The maximum absolute atomic E-state index is 13.5. The molecule has 1 aliphatic carbocycles. The van der Waals surface area contributed by atoms with Gasteiger partial charge in [0.15, 0.2) is 0 Å². The van der Waals surface area contributed by atoms with Crippen molar-refractivity contribution >= 4 is 16.8 Å². The Kier molecular flexibility index (Phi) is 10.5. The van der Waals surface area contributed by atoms with E-state index in [1.54, 1.807) is 18.2 Å². The van der Waals surface area contributed by atoms with Crippen LogP contribution in [0.4, 0.5) is 13.2 Å². The average Bonchev–Trinajstić information content (AvgIpc) is 3.47. The summed E-state index contributed by atoms with van der Waals surface area (Å²) < 4.78 is 39.4. The van der Waals surface area contributed by atoms with E-state index in [-0.39, 0.29) is 11.3 Å². The number of aliphatic hydroxyl groups is 1. The number of fused-ring (bicyclic) bond motifs is 1. The van der Waals surface area contributed by atoms with Gasteiger partial charge in [0.1, 0.15) is 17.5 Å². The largest absolute Gasteiger partial charge is 0.400 e. The van der Waals surface area contributed by atoms with Gasteiger partial charge in [0, 0.05) is 43.3 Å². The highest BCUT2D eigenvalue weighted by atomic mass is 19.1. The van der Waals surface area contributed by atoms with E-state index >= 15 is 0 Å². The molecule has 0 unspecified atom stereocenters. The van der Waals surface area contributed by atoms with Crippen molar-refractivity contribution in [2.24, 2.45) is 5.92 Å². The van der Waals surface area contributed by atoms with Crippen LogP contribution in [0.1, 0.15) is 46.0 Å². The first kappa shape index (κ1) is 26.5. The number of carbonyl (C=O) groups excluding carboxylic acids is 1. The van der Waals surface area contributed by atoms with E-state index in [9.17, 15) is 18.0 Å². The molecule has 2 aromatic carbocycles. The molecule has 2 N–H and O–H groups in total. The molecule has 3 aromatic rings. The van der Waals surface area contributed by atoms with Crippen LogP contribution in [0.3, 0.4) is 0 Å². The molecule has 33 heavy (non-hydrogen) atoms. The Labute approximate surface area is 193 Å². The number of nitrogens with one attached hydrogen (secondary N) is 1. The first-order valence-electron chi connectivity index (χ1n) is 11.5. The lowest BCUT2D eigenvalue weighted by Crippen LogP contribution is -2.36. The van der Waals surface area contributed by atoms with Crippen LogP contribution in [0.5, 0.6) is 0 Å². The average molecular weight is 463 g/mol. The fraction of sp³-hybridized carbons (Fsp3) is 0.423. The van der Waals surface area contributed by atoms with Crippen molar-refractivity contribution in [3.05, 3.63) is 59.9 Å². The summed E-state index contributed by atoms with van der Waals surface area (Å²) in [5.74, 6) is -0.753. The van der Waals surface area contributed by atoms with E-state index in [0.717, 1.165) is 39.1 Å². The van der Waals surface area contributed by atoms with Gasteiger partial charge in [-0.05, 0) is 67.6 Å². The summed E-state index contributed by atoms with van der Waals surface area (Å²) in [4.78, 5) is 16.5. The molecule has 1 saturated heterocycles. The molecule has 1 aliphatic heterocycles. The predicted octanol–water partition coefficient (Wildman–Crippen LogP) is 6.30. The summed E-state index contributed by atoms with van der Waals surface area (Å²) in [6.07, 6.45) is 6.01. The van der Waals surface area contributed by atoms with Crippen molar-refractivity contribution in [1.82, 2.24) is 9.88 Å². The Balaban J connectivity index is 0.000000220. The Morgan fingerprint density at radius 2 is 1.52 bits per heavy atom. The SMILES string of the molecule is CC.CO.Fc1ccc(-c2cc3cc(F)cc(F)c3[nH]2)cc1.O=C(C1CCC1)N1CCCC1. The first-order valence-corrected chi connectivity index (χ1v) is 11.5. The maximum Gasteiger partial charge on any atom is 0.225 e. The number of H-pyrrole nitrogens is 1. The molecule has 0 atom stereocenters. The van der Waals surface area contributed by atoms with Crippen LogP contribution in [-0.2, 0) is 4.79 Å². The van der Waals surface area contributed by atoms with Gasteiger partial charge in [-0.1, -0.05) is 20.3 Å². The second-order valence-electron chi connectivity index (χ2n) is 7.70. The van der Waals surface area contributed by atoms with E-state index in [1.807, 2.05) is 18.7 Å². The van der Waals surface area contributed by atoms with Crippen molar-refractivity contribution in [2.45, 2.75) is 46.0 Å². The Morgan fingerprint density at radius 3 is 2.06 bits per heavy atom. The molecule has 4 nitrogen and oxygen atoms in total. The number of hydrogen-bond donors (Lipinski definition) is 2. The summed E-state index contributed by atoms with van der Waals surface area (Å²) in [6, 6.07) is 9.50. The number of aromatic amines is 1. The normalized spacial score (nSPS) is 14.8. The van der Waals surface area contributed by atoms with E-state index in [1.165, 1.54) is 37.5 Å². The van der Waals surface area contributed by atoms with E-state index in [2.05, 4.69) is 4.98 Å².